The van der Waals surface area contributed by atoms with Crippen molar-refractivity contribution in [1.82, 2.24) is 10.2 Å². The van der Waals surface area contributed by atoms with Crippen molar-refractivity contribution in [2.24, 2.45) is 0 Å². The van der Waals surface area contributed by atoms with E-state index < -0.39 is 9.84 Å². The zero-order valence-corrected chi connectivity index (χ0v) is 11.4. The van der Waals surface area contributed by atoms with Crippen molar-refractivity contribution in [3.05, 3.63) is 0 Å². The van der Waals surface area contributed by atoms with E-state index in [9.17, 15) is 13.2 Å². The van der Waals surface area contributed by atoms with E-state index in [2.05, 4.69) is 12.2 Å². The predicted molar refractivity (Wildman–Crippen MR) is 67.6 cm³/mol. The molecule has 1 amide bonds. The predicted octanol–water partition coefficient (Wildman–Crippen LogP) is 0.0216. The number of sulfone groups is 1. The van der Waals surface area contributed by atoms with Crippen LogP contribution in [0.25, 0.3) is 0 Å². The summed E-state index contributed by atoms with van der Waals surface area (Å²) in [6, 6.07) is -0.126. The van der Waals surface area contributed by atoms with Crippen LogP contribution in [0.4, 0.5) is 0 Å². The third-order valence-corrected chi connectivity index (χ3v) is 4.84. The molecule has 0 bridgehead atoms. The van der Waals surface area contributed by atoms with Crippen LogP contribution in [0.5, 0.6) is 0 Å². The number of hydrogen-bond acceptors (Lipinski definition) is 4. The smallest absolute Gasteiger partial charge is 0.223 e. The van der Waals surface area contributed by atoms with Crippen LogP contribution in [-0.2, 0) is 14.6 Å². The summed E-state index contributed by atoms with van der Waals surface area (Å²) in [5.74, 6) is 0.358. The standard InChI is InChI=1S/C11H22N2O3S/c1-3-6-12-7-4-11(14)13(2)10-5-8-17(15,16)9-10/h10,12H,3-9H2,1-2H3. The second-order valence-corrected chi connectivity index (χ2v) is 6.79. The minimum Gasteiger partial charge on any atom is -0.342 e. The lowest BCUT2D eigenvalue weighted by atomic mass is 10.2. The summed E-state index contributed by atoms with van der Waals surface area (Å²) in [4.78, 5) is 13.4. The molecule has 6 heteroatoms. The van der Waals surface area contributed by atoms with Crippen LogP contribution in [-0.4, -0.2) is 56.9 Å². The van der Waals surface area contributed by atoms with Gasteiger partial charge in [-0.05, 0) is 19.4 Å². The average molecular weight is 262 g/mol. The maximum atomic E-state index is 11.8. The molecule has 1 atom stereocenters. The van der Waals surface area contributed by atoms with Gasteiger partial charge in [0.15, 0.2) is 9.84 Å². The van der Waals surface area contributed by atoms with Crippen molar-refractivity contribution in [2.75, 3.05) is 31.6 Å². The molecule has 1 aliphatic rings. The van der Waals surface area contributed by atoms with Crippen molar-refractivity contribution in [1.29, 1.82) is 0 Å². The molecule has 1 heterocycles. The lowest BCUT2D eigenvalue weighted by Crippen LogP contribution is -2.39. The van der Waals surface area contributed by atoms with Crippen molar-refractivity contribution in [3.8, 4) is 0 Å². The molecule has 0 aliphatic carbocycles. The fourth-order valence-electron chi connectivity index (χ4n) is 1.96. The first-order valence-corrected chi connectivity index (χ1v) is 7.95. The third-order valence-electron chi connectivity index (χ3n) is 3.09. The number of rotatable bonds is 6. The van der Waals surface area contributed by atoms with Crippen LogP contribution in [0.2, 0.25) is 0 Å². The molecule has 1 rings (SSSR count). The lowest BCUT2D eigenvalue weighted by Gasteiger charge is -2.23. The van der Waals surface area contributed by atoms with Gasteiger partial charge in [0.25, 0.3) is 0 Å². The minimum absolute atomic E-state index is 0.0238. The van der Waals surface area contributed by atoms with Crippen LogP contribution in [0.3, 0.4) is 0 Å². The number of carbonyl (C=O) groups excluding carboxylic acids is 1. The SMILES string of the molecule is CCCNCCC(=O)N(C)C1CCS(=O)(=O)C1. The monoisotopic (exact) mass is 262 g/mol. The molecule has 1 fully saturated rings. The summed E-state index contributed by atoms with van der Waals surface area (Å²) in [6.07, 6.45) is 2.06. The quantitative estimate of drug-likeness (QED) is 0.685. The fraction of sp³-hybridized carbons (Fsp3) is 0.909. The molecular weight excluding hydrogens is 240 g/mol. The number of nitrogens with zero attached hydrogens (tertiary/aromatic N) is 1. The minimum atomic E-state index is -2.91. The van der Waals surface area contributed by atoms with Gasteiger partial charge < -0.3 is 10.2 Å². The Morgan fingerprint density at radius 1 is 1.41 bits per heavy atom. The van der Waals surface area contributed by atoms with Crippen LogP contribution < -0.4 is 5.32 Å². The topological polar surface area (TPSA) is 66.5 Å². The highest BCUT2D eigenvalue weighted by molar-refractivity contribution is 7.91. The van der Waals surface area contributed by atoms with E-state index in [1.807, 2.05) is 0 Å². The highest BCUT2D eigenvalue weighted by Gasteiger charge is 2.32. The largest absolute Gasteiger partial charge is 0.342 e. The van der Waals surface area contributed by atoms with Crippen LogP contribution in [0, 0.1) is 0 Å². The van der Waals surface area contributed by atoms with E-state index in [1.54, 1.807) is 11.9 Å². The number of amides is 1. The Bertz CT molecular complexity index is 354. The summed E-state index contributed by atoms with van der Waals surface area (Å²) in [6.45, 7) is 3.65. The molecule has 0 aromatic heterocycles. The average Bonchev–Trinajstić information content (AvgIpc) is 2.64. The Morgan fingerprint density at radius 2 is 2.12 bits per heavy atom. The zero-order chi connectivity index (χ0) is 12.9. The molecule has 1 saturated heterocycles. The summed E-state index contributed by atoms with van der Waals surface area (Å²) in [7, 11) is -1.21. The highest BCUT2D eigenvalue weighted by atomic mass is 32.2. The van der Waals surface area contributed by atoms with Crippen molar-refractivity contribution >= 4 is 15.7 Å². The lowest BCUT2D eigenvalue weighted by molar-refractivity contribution is -0.131. The van der Waals surface area contributed by atoms with Gasteiger partial charge in [0, 0.05) is 26.1 Å². The van der Waals surface area contributed by atoms with Crippen LogP contribution in [0.1, 0.15) is 26.2 Å². The van der Waals surface area contributed by atoms with Crippen molar-refractivity contribution < 1.29 is 13.2 Å². The van der Waals surface area contributed by atoms with E-state index in [1.165, 1.54) is 0 Å². The molecule has 1 aliphatic heterocycles. The number of hydrogen-bond donors (Lipinski definition) is 1. The first kappa shape index (κ1) is 14.4. The van der Waals surface area contributed by atoms with Gasteiger partial charge in [-0.25, -0.2) is 8.42 Å². The molecule has 1 N–H and O–H groups in total. The van der Waals surface area contributed by atoms with E-state index in [-0.39, 0.29) is 23.5 Å². The molecule has 1 unspecified atom stereocenters. The van der Waals surface area contributed by atoms with Gasteiger partial charge in [0.1, 0.15) is 0 Å². The van der Waals surface area contributed by atoms with Crippen LogP contribution in [0.15, 0.2) is 0 Å². The van der Waals surface area contributed by atoms with Gasteiger partial charge in [-0.3, -0.25) is 4.79 Å². The van der Waals surface area contributed by atoms with Crippen molar-refractivity contribution in [2.45, 2.75) is 32.2 Å². The summed E-state index contributed by atoms with van der Waals surface area (Å²) < 4.78 is 22.6. The maximum absolute atomic E-state index is 11.8. The van der Waals surface area contributed by atoms with Gasteiger partial charge in [-0.15, -0.1) is 0 Å². The van der Waals surface area contributed by atoms with Gasteiger partial charge in [-0.1, -0.05) is 6.92 Å². The molecule has 0 aromatic rings. The number of nitrogens with one attached hydrogen (secondary N) is 1. The van der Waals surface area contributed by atoms with E-state index >= 15 is 0 Å². The maximum Gasteiger partial charge on any atom is 0.223 e. The van der Waals surface area contributed by atoms with Gasteiger partial charge in [0.2, 0.25) is 5.91 Å². The summed E-state index contributed by atoms with van der Waals surface area (Å²) in [5, 5.41) is 3.16. The van der Waals surface area contributed by atoms with E-state index in [4.69, 9.17) is 0 Å². The molecule has 0 radical (unpaired) electrons. The fourth-order valence-corrected chi connectivity index (χ4v) is 3.73. The molecule has 0 aromatic carbocycles. The molecule has 17 heavy (non-hydrogen) atoms. The molecular formula is C11H22N2O3S. The highest BCUT2D eigenvalue weighted by Crippen LogP contribution is 2.16. The Hall–Kier alpha value is -0.620. The van der Waals surface area contributed by atoms with Crippen LogP contribution >= 0.6 is 0 Å². The molecule has 100 valence electrons. The number of carbonyl (C=O) groups is 1. The first-order valence-electron chi connectivity index (χ1n) is 6.13. The zero-order valence-electron chi connectivity index (χ0n) is 10.6. The molecule has 5 nitrogen and oxygen atoms in total. The second-order valence-electron chi connectivity index (χ2n) is 4.56. The van der Waals surface area contributed by atoms with Gasteiger partial charge >= 0.3 is 0 Å². The van der Waals surface area contributed by atoms with Gasteiger partial charge in [0.05, 0.1) is 11.5 Å². The Labute approximate surface area is 103 Å². The second kappa shape index (κ2) is 6.35. The van der Waals surface area contributed by atoms with Gasteiger partial charge in [-0.2, -0.15) is 0 Å². The molecule has 0 spiro atoms. The van der Waals surface area contributed by atoms with E-state index in [0.29, 0.717) is 19.4 Å². The Kier molecular flexibility index (Phi) is 5.39. The van der Waals surface area contributed by atoms with E-state index in [0.717, 1.165) is 13.0 Å². The Balaban J connectivity index is 2.32. The first-order chi connectivity index (χ1) is 7.96. The summed E-state index contributed by atoms with van der Waals surface area (Å²) in [5.41, 5.74) is 0. The Morgan fingerprint density at radius 3 is 2.65 bits per heavy atom. The summed E-state index contributed by atoms with van der Waals surface area (Å²) >= 11 is 0. The van der Waals surface area contributed by atoms with Crippen molar-refractivity contribution in [3.63, 3.8) is 0 Å². The third kappa shape index (κ3) is 4.63. The molecule has 0 saturated carbocycles. The normalized spacial score (nSPS) is 22.6.